The van der Waals surface area contributed by atoms with E-state index in [-0.39, 0.29) is 6.61 Å². The Morgan fingerprint density at radius 2 is 1.82 bits per heavy atom. The number of hydrogen-bond acceptors (Lipinski definition) is 2. The van der Waals surface area contributed by atoms with Crippen molar-refractivity contribution in [2.45, 2.75) is 26.4 Å². The SMILES string of the molecule is CCc1[nH]c2ccc(OC)c(Cc3ccccc3)c2c1CO. The summed E-state index contributed by atoms with van der Waals surface area (Å²) in [5.74, 6) is 0.868. The number of rotatable bonds is 5. The average Bonchev–Trinajstić information content (AvgIpc) is 2.94. The maximum Gasteiger partial charge on any atom is 0.123 e. The number of aliphatic hydroxyl groups excluding tert-OH is 1. The second-order valence-electron chi connectivity index (χ2n) is 5.43. The van der Waals surface area contributed by atoms with Gasteiger partial charge in [0.25, 0.3) is 0 Å². The Bertz CT molecular complexity index is 775. The molecular formula is C19H21NO2. The third-order valence-electron chi connectivity index (χ3n) is 4.18. The van der Waals surface area contributed by atoms with Gasteiger partial charge in [0.15, 0.2) is 0 Å². The number of fused-ring (bicyclic) bond motifs is 1. The molecule has 0 aliphatic rings. The fourth-order valence-electron chi connectivity index (χ4n) is 3.11. The summed E-state index contributed by atoms with van der Waals surface area (Å²) in [5.41, 5.74) is 5.51. The van der Waals surface area contributed by atoms with Crippen LogP contribution in [-0.4, -0.2) is 17.2 Å². The molecule has 1 heterocycles. The number of H-pyrrole nitrogens is 1. The Hall–Kier alpha value is -2.26. The van der Waals surface area contributed by atoms with Crippen LogP contribution in [0.25, 0.3) is 10.9 Å². The number of aromatic nitrogens is 1. The van der Waals surface area contributed by atoms with Crippen LogP contribution >= 0.6 is 0 Å². The molecule has 1 aromatic heterocycles. The number of nitrogens with one attached hydrogen (secondary N) is 1. The lowest BCUT2D eigenvalue weighted by Gasteiger charge is -2.11. The second-order valence-corrected chi connectivity index (χ2v) is 5.43. The molecule has 0 unspecified atom stereocenters. The summed E-state index contributed by atoms with van der Waals surface area (Å²) in [5, 5.41) is 10.9. The van der Waals surface area contributed by atoms with Crippen LogP contribution in [0.5, 0.6) is 5.75 Å². The summed E-state index contributed by atoms with van der Waals surface area (Å²) >= 11 is 0. The van der Waals surface area contributed by atoms with Crippen LogP contribution in [0, 0.1) is 0 Å². The Kier molecular flexibility index (Phi) is 4.16. The largest absolute Gasteiger partial charge is 0.496 e. The zero-order valence-electron chi connectivity index (χ0n) is 13.0. The first-order valence-electron chi connectivity index (χ1n) is 7.62. The third kappa shape index (κ3) is 2.48. The van der Waals surface area contributed by atoms with Crippen LogP contribution in [0.15, 0.2) is 42.5 Å². The minimum Gasteiger partial charge on any atom is -0.496 e. The van der Waals surface area contributed by atoms with E-state index in [1.54, 1.807) is 7.11 Å². The van der Waals surface area contributed by atoms with Crippen molar-refractivity contribution in [1.29, 1.82) is 0 Å². The van der Waals surface area contributed by atoms with E-state index in [9.17, 15) is 5.11 Å². The molecule has 0 radical (unpaired) electrons. The molecule has 0 saturated carbocycles. The van der Waals surface area contributed by atoms with Gasteiger partial charge in [0, 0.05) is 34.1 Å². The van der Waals surface area contributed by atoms with Crippen LogP contribution in [0.3, 0.4) is 0 Å². The number of benzene rings is 2. The van der Waals surface area contributed by atoms with E-state index in [0.717, 1.165) is 46.3 Å². The zero-order chi connectivity index (χ0) is 15.5. The molecule has 3 aromatic rings. The number of hydrogen-bond donors (Lipinski definition) is 2. The zero-order valence-corrected chi connectivity index (χ0v) is 13.0. The molecule has 2 N–H and O–H groups in total. The lowest BCUT2D eigenvalue weighted by Crippen LogP contribution is -1.97. The minimum absolute atomic E-state index is 0.0398. The quantitative estimate of drug-likeness (QED) is 0.751. The number of aryl methyl sites for hydroxylation is 1. The van der Waals surface area contributed by atoms with Crippen molar-refractivity contribution in [1.82, 2.24) is 4.98 Å². The fraction of sp³-hybridized carbons (Fsp3) is 0.263. The first-order valence-corrected chi connectivity index (χ1v) is 7.62. The summed E-state index contributed by atoms with van der Waals surface area (Å²) in [6, 6.07) is 14.4. The van der Waals surface area contributed by atoms with Gasteiger partial charge in [-0.15, -0.1) is 0 Å². The van der Waals surface area contributed by atoms with E-state index in [0.29, 0.717) is 0 Å². The van der Waals surface area contributed by atoms with Gasteiger partial charge >= 0.3 is 0 Å². The highest BCUT2D eigenvalue weighted by Crippen LogP contribution is 2.34. The molecule has 0 spiro atoms. The summed E-state index contributed by atoms with van der Waals surface area (Å²) in [6.07, 6.45) is 1.66. The molecule has 0 aliphatic carbocycles. The monoisotopic (exact) mass is 295 g/mol. The molecule has 0 atom stereocenters. The maximum absolute atomic E-state index is 9.83. The molecule has 3 heteroatoms. The topological polar surface area (TPSA) is 45.2 Å². The Balaban J connectivity index is 2.22. The lowest BCUT2D eigenvalue weighted by molar-refractivity contribution is 0.282. The van der Waals surface area contributed by atoms with E-state index < -0.39 is 0 Å². The Labute approximate surface area is 130 Å². The first kappa shape index (κ1) is 14.7. The molecule has 2 aromatic carbocycles. The molecule has 0 fully saturated rings. The molecule has 0 bridgehead atoms. The van der Waals surface area contributed by atoms with Gasteiger partial charge in [-0.3, -0.25) is 0 Å². The highest BCUT2D eigenvalue weighted by Gasteiger charge is 2.17. The first-order chi connectivity index (χ1) is 10.8. The van der Waals surface area contributed by atoms with Gasteiger partial charge in [0.1, 0.15) is 5.75 Å². The Morgan fingerprint density at radius 1 is 1.05 bits per heavy atom. The number of aromatic amines is 1. The molecule has 0 saturated heterocycles. The predicted molar refractivity (Wildman–Crippen MR) is 89.4 cm³/mol. The van der Waals surface area contributed by atoms with Gasteiger partial charge < -0.3 is 14.8 Å². The van der Waals surface area contributed by atoms with Crippen molar-refractivity contribution in [3.8, 4) is 5.75 Å². The summed E-state index contributed by atoms with van der Waals surface area (Å²) in [4.78, 5) is 3.43. The normalized spacial score (nSPS) is 11.0. The summed E-state index contributed by atoms with van der Waals surface area (Å²) in [7, 11) is 1.70. The summed E-state index contributed by atoms with van der Waals surface area (Å²) < 4.78 is 5.57. The molecule has 0 amide bonds. The third-order valence-corrected chi connectivity index (χ3v) is 4.18. The highest BCUT2D eigenvalue weighted by molar-refractivity contribution is 5.90. The van der Waals surface area contributed by atoms with E-state index in [2.05, 4.69) is 24.0 Å². The minimum atomic E-state index is 0.0398. The van der Waals surface area contributed by atoms with Gasteiger partial charge in [0.05, 0.1) is 13.7 Å². The average molecular weight is 295 g/mol. The molecule has 114 valence electrons. The Morgan fingerprint density at radius 3 is 2.45 bits per heavy atom. The van der Waals surface area contributed by atoms with Crippen LogP contribution in [0.2, 0.25) is 0 Å². The van der Waals surface area contributed by atoms with Gasteiger partial charge in [-0.25, -0.2) is 0 Å². The van der Waals surface area contributed by atoms with Crippen LogP contribution in [0.1, 0.15) is 29.3 Å². The standard InChI is InChI=1S/C19H21NO2/c1-3-16-15(12-21)19-14(11-13-7-5-4-6-8-13)18(22-2)10-9-17(19)20-16/h4-10,20-21H,3,11-12H2,1-2H3. The predicted octanol–water partition coefficient (Wildman–Crippen LogP) is 3.82. The van der Waals surface area contributed by atoms with E-state index >= 15 is 0 Å². The molecule has 3 rings (SSSR count). The van der Waals surface area contributed by atoms with Crippen molar-refractivity contribution < 1.29 is 9.84 Å². The second kappa shape index (κ2) is 6.24. The fourth-order valence-corrected chi connectivity index (χ4v) is 3.11. The number of aliphatic hydroxyl groups is 1. The van der Waals surface area contributed by atoms with Crippen LogP contribution < -0.4 is 4.74 Å². The smallest absolute Gasteiger partial charge is 0.123 e. The maximum atomic E-state index is 9.83. The van der Waals surface area contributed by atoms with Crippen molar-refractivity contribution in [2.75, 3.05) is 7.11 Å². The van der Waals surface area contributed by atoms with Crippen molar-refractivity contribution in [3.63, 3.8) is 0 Å². The summed E-state index contributed by atoms with van der Waals surface area (Å²) in [6.45, 7) is 2.14. The molecular weight excluding hydrogens is 274 g/mol. The van der Waals surface area contributed by atoms with E-state index in [4.69, 9.17) is 4.74 Å². The van der Waals surface area contributed by atoms with Gasteiger partial charge in [0.2, 0.25) is 0 Å². The van der Waals surface area contributed by atoms with Crippen molar-refractivity contribution >= 4 is 10.9 Å². The number of ether oxygens (including phenoxy) is 1. The van der Waals surface area contributed by atoms with Gasteiger partial charge in [-0.05, 0) is 24.1 Å². The number of methoxy groups -OCH3 is 1. The lowest BCUT2D eigenvalue weighted by atomic mass is 9.97. The van der Waals surface area contributed by atoms with Crippen molar-refractivity contribution in [2.24, 2.45) is 0 Å². The van der Waals surface area contributed by atoms with Gasteiger partial charge in [-0.1, -0.05) is 37.3 Å². The molecule has 3 nitrogen and oxygen atoms in total. The highest BCUT2D eigenvalue weighted by atomic mass is 16.5. The molecule has 0 aliphatic heterocycles. The molecule has 22 heavy (non-hydrogen) atoms. The van der Waals surface area contributed by atoms with E-state index in [1.165, 1.54) is 5.56 Å². The van der Waals surface area contributed by atoms with Gasteiger partial charge in [-0.2, -0.15) is 0 Å². The van der Waals surface area contributed by atoms with Crippen molar-refractivity contribution in [3.05, 3.63) is 64.8 Å². The van der Waals surface area contributed by atoms with Crippen LogP contribution in [-0.2, 0) is 19.4 Å². The van der Waals surface area contributed by atoms with E-state index in [1.807, 2.05) is 30.3 Å². The van der Waals surface area contributed by atoms with Crippen LogP contribution in [0.4, 0.5) is 0 Å².